The maximum atomic E-state index is 13.5. The number of halogens is 1. The molecule has 25 heavy (non-hydrogen) atoms. The van der Waals surface area contributed by atoms with Gasteiger partial charge in [-0.05, 0) is 37.1 Å². The second kappa shape index (κ2) is 7.65. The summed E-state index contributed by atoms with van der Waals surface area (Å²) in [6, 6.07) is 5.95. The summed E-state index contributed by atoms with van der Waals surface area (Å²) >= 11 is 0. The molecule has 6 nitrogen and oxygen atoms in total. The van der Waals surface area contributed by atoms with Crippen molar-refractivity contribution >= 4 is 5.91 Å². The van der Waals surface area contributed by atoms with Crippen LogP contribution in [-0.2, 0) is 6.54 Å². The summed E-state index contributed by atoms with van der Waals surface area (Å²) in [6.07, 6.45) is 3.35. The van der Waals surface area contributed by atoms with Crippen LogP contribution in [0.2, 0.25) is 0 Å². The van der Waals surface area contributed by atoms with E-state index in [0.717, 1.165) is 18.5 Å². The highest BCUT2D eigenvalue weighted by atomic mass is 19.1. The van der Waals surface area contributed by atoms with E-state index in [4.69, 9.17) is 9.84 Å². The fraction of sp³-hybridized carbons (Fsp3) is 0.444. The molecule has 1 saturated heterocycles. The first-order chi connectivity index (χ1) is 12.1. The SMILES string of the molecule is COc1ccc(F)cc1C(=O)N1CCC(c2ccnn2CCO)CC1. The molecule has 7 heteroatoms. The molecule has 1 aromatic heterocycles. The van der Waals surface area contributed by atoms with Crippen LogP contribution >= 0.6 is 0 Å². The molecule has 1 aliphatic rings. The number of benzene rings is 1. The fourth-order valence-electron chi connectivity index (χ4n) is 3.37. The molecule has 1 amide bonds. The van der Waals surface area contributed by atoms with Crippen molar-refractivity contribution in [2.75, 3.05) is 26.8 Å². The molecule has 0 spiro atoms. The summed E-state index contributed by atoms with van der Waals surface area (Å²) in [4.78, 5) is 14.5. The minimum absolute atomic E-state index is 0.0470. The van der Waals surface area contributed by atoms with Crippen molar-refractivity contribution in [3.05, 3.63) is 47.5 Å². The van der Waals surface area contributed by atoms with E-state index in [2.05, 4.69) is 5.10 Å². The average Bonchev–Trinajstić information content (AvgIpc) is 3.10. The molecule has 3 rings (SSSR count). The van der Waals surface area contributed by atoms with Crippen molar-refractivity contribution in [3.63, 3.8) is 0 Å². The summed E-state index contributed by atoms with van der Waals surface area (Å²) in [5.41, 5.74) is 1.34. The Morgan fingerprint density at radius 1 is 1.36 bits per heavy atom. The summed E-state index contributed by atoms with van der Waals surface area (Å²) in [5, 5.41) is 13.4. The third-order valence-electron chi connectivity index (χ3n) is 4.65. The molecular formula is C18H22FN3O3. The van der Waals surface area contributed by atoms with Crippen LogP contribution in [0, 0.1) is 5.82 Å². The number of hydrogen-bond acceptors (Lipinski definition) is 4. The molecule has 134 valence electrons. The fourth-order valence-corrected chi connectivity index (χ4v) is 3.37. The number of likely N-dealkylation sites (tertiary alicyclic amines) is 1. The van der Waals surface area contributed by atoms with E-state index in [1.54, 1.807) is 11.1 Å². The van der Waals surface area contributed by atoms with E-state index in [-0.39, 0.29) is 18.1 Å². The van der Waals surface area contributed by atoms with Gasteiger partial charge in [0, 0.05) is 30.9 Å². The number of aliphatic hydroxyl groups is 1. The molecule has 0 atom stereocenters. The lowest BCUT2D eigenvalue weighted by molar-refractivity contribution is 0.0707. The van der Waals surface area contributed by atoms with Crippen molar-refractivity contribution < 1.29 is 19.0 Å². The summed E-state index contributed by atoms with van der Waals surface area (Å²) < 4.78 is 20.5. The van der Waals surface area contributed by atoms with Gasteiger partial charge in [0.25, 0.3) is 5.91 Å². The van der Waals surface area contributed by atoms with Crippen molar-refractivity contribution in [2.45, 2.75) is 25.3 Å². The zero-order chi connectivity index (χ0) is 17.8. The Morgan fingerprint density at radius 3 is 2.80 bits per heavy atom. The third kappa shape index (κ3) is 3.66. The van der Waals surface area contributed by atoms with E-state index < -0.39 is 5.82 Å². The van der Waals surface area contributed by atoms with Gasteiger partial charge in [-0.25, -0.2) is 4.39 Å². The van der Waals surface area contributed by atoms with Gasteiger partial charge in [0.1, 0.15) is 11.6 Å². The Hall–Kier alpha value is -2.41. The van der Waals surface area contributed by atoms with Crippen LogP contribution in [0.15, 0.2) is 30.5 Å². The lowest BCUT2D eigenvalue weighted by Gasteiger charge is -2.32. The Labute approximate surface area is 145 Å². The van der Waals surface area contributed by atoms with Gasteiger partial charge in [0.15, 0.2) is 0 Å². The monoisotopic (exact) mass is 347 g/mol. The molecule has 2 heterocycles. The number of aromatic nitrogens is 2. The largest absolute Gasteiger partial charge is 0.496 e. The van der Waals surface area contributed by atoms with E-state index in [0.29, 0.717) is 31.3 Å². The number of amides is 1. The van der Waals surface area contributed by atoms with Crippen LogP contribution in [0.5, 0.6) is 5.75 Å². The van der Waals surface area contributed by atoms with E-state index in [1.807, 2.05) is 10.7 Å². The molecule has 2 aromatic rings. The number of carbonyl (C=O) groups is 1. The Kier molecular flexibility index (Phi) is 5.33. The lowest BCUT2D eigenvalue weighted by atomic mass is 9.93. The molecule has 1 fully saturated rings. The quantitative estimate of drug-likeness (QED) is 0.899. The van der Waals surface area contributed by atoms with E-state index >= 15 is 0 Å². The molecular weight excluding hydrogens is 325 g/mol. The first-order valence-corrected chi connectivity index (χ1v) is 8.39. The van der Waals surface area contributed by atoms with Gasteiger partial charge < -0.3 is 14.7 Å². The van der Waals surface area contributed by atoms with Crippen LogP contribution in [0.25, 0.3) is 0 Å². The first kappa shape index (κ1) is 17.4. The Morgan fingerprint density at radius 2 is 2.12 bits per heavy atom. The predicted molar refractivity (Wildman–Crippen MR) is 90.1 cm³/mol. The standard InChI is InChI=1S/C18H22FN3O3/c1-25-17-3-2-14(19)12-15(17)18(24)21-8-5-13(6-9-21)16-4-7-20-22(16)10-11-23/h2-4,7,12-13,23H,5-6,8-11H2,1H3. The van der Waals surface area contributed by atoms with Gasteiger partial charge in [-0.2, -0.15) is 5.10 Å². The van der Waals surface area contributed by atoms with Crippen LogP contribution in [-0.4, -0.2) is 52.5 Å². The number of nitrogens with zero attached hydrogens (tertiary/aromatic N) is 3. The van der Waals surface area contributed by atoms with Gasteiger partial charge in [0.2, 0.25) is 0 Å². The zero-order valence-electron chi connectivity index (χ0n) is 14.2. The number of methoxy groups -OCH3 is 1. The minimum Gasteiger partial charge on any atom is -0.496 e. The molecule has 1 N–H and O–H groups in total. The molecule has 0 bridgehead atoms. The highest BCUT2D eigenvalue weighted by molar-refractivity contribution is 5.97. The number of ether oxygens (including phenoxy) is 1. The van der Waals surface area contributed by atoms with E-state index in [1.165, 1.54) is 25.3 Å². The van der Waals surface area contributed by atoms with Gasteiger partial charge in [-0.1, -0.05) is 0 Å². The van der Waals surface area contributed by atoms with Crippen LogP contribution < -0.4 is 4.74 Å². The number of hydrogen-bond donors (Lipinski definition) is 1. The van der Waals surface area contributed by atoms with Crippen molar-refractivity contribution in [1.82, 2.24) is 14.7 Å². The molecule has 0 unspecified atom stereocenters. The maximum absolute atomic E-state index is 13.5. The van der Waals surface area contributed by atoms with Crippen LogP contribution in [0.4, 0.5) is 4.39 Å². The zero-order valence-corrected chi connectivity index (χ0v) is 14.2. The highest BCUT2D eigenvalue weighted by Gasteiger charge is 2.27. The average molecular weight is 347 g/mol. The van der Waals surface area contributed by atoms with E-state index in [9.17, 15) is 9.18 Å². The van der Waals surface area contributed by atoms with Crippen LogP contribution in [0.3, 0.4) is 0 Å². The second-order valence-corrected chi connectivity index (χ2v) is 6.11. The predicted octanol–water partition coefficient (Wildman–Crippen LogP) is 2.04. The molecule has 1 aromatic carbocycles. The molecule has 1 aliphatic heterocycles. The van der Waals surface area contributed by atoms with Gasteiger partial charge in [-0.3, -0.25) is 9.48 Å². The number of aliphatic hydroxyl groups excluding tert-OH is 1. The normalized spacial score (nSPS) is 15.4. The smallest absolute Gasteiger partial charge is 0.257 e. The highest BCUT2D eigenvalue weighted by Crippen LogP contribution is 2.30. The Bertz CT molecular complexity index is 739. The van der Waals surface area contributed by atoms with Crippen molar-refractivity contribution in [3.8, 4) is 5.75 Å². The third-order valence-corrected chi connectivity index (χ3v) is 4.65. The molecule has 0 saturated carbocycles. The molecule has 0 aliphatic carbocycles. The number of piperidine rings is 1. The Balaban J connectivity index is 1.69. The minimum atomic E-state index is -0.452. The van der Waals surface area contributed by atoms with Gasteiger partial charge in [-0.15, -0.1) is 0 Å². The van der Waals surface area contributed by atoms with Crippen LogP contribution in [0.1, 0.15) is 34.8 Å². The van der Waals surface area contributed by atoms with Gasteiger partial charge in [0.05, 0.1) is 25.8 Å². The molecule has 0 radical (unpaired) electrons. The first-order valence-electron chi connectivity index (χ1n) is 8.39. The summed E-state index contributed by atoms with van der Waals surface area (Å²) in [6.45, 7) is 1.70. The maximum Gasteiger partial charge on any atom is 0.257 e. The topological polar surface area (TPSA) is 67.6 Å². The van der Waals surface area contributed by atoms with Crippen molar-refractivity contribution in [1.29, 1.82) is 0 Å². The second-order valence-electron chi connectivity index (χ2n) is 6.11. The lowest BCUT2D eigenvalue weighted by Crippen LogP contribution is -2.38. The van der Waals surface area contributed by atoms with Gasteiger partial charge >= 0.3 is 0 Å². The summed E-state index contributed by atoms with van der Waals surface area (Å²) in [7, 11) is 1.47. The number of carbonyl (C=O) groups excluding carboxylic acids is 1. The van der Waals surface area contributed by atoms with Crippen molar-refractivity contribution in [2.24, 2.45) is 0 Å². The summed E-state index contributed by atoms with van der Waals surface area (Å²) in [5.74, 6) is 0.0210. The number of rotatable bonds is 5.